The van der Waals surface area contributed by atoms with Gasteiger partial charge in [-0.3, -0.25) is 14.4 Å². The van der Waals surface area contributed by atoms with Gasteiger partial charge in [-0.2, -0.15) is 0 Å². The SMILES string of the molecule is Cc1ccc2c(c1)N(S(=O)(=O)c1ccccc1)C[C@@H](C(=O)Nc1nnc(SCc3ccccc3)s1)O2. The van der Waals surface area contributed by atoms with Crippen LogP contribution in [-0.4, -0.2) is 37.2 Å². The van der Waals surface area contributed by atoms with Gasteiger partial charge in [0, 0.05) is 5.75 Å². The second-order valence-electron chi connectivity index (χ2n) is 8.06. The first kappa shape index (κ1) is 24.3. The van der Waals surface area contributed by atoms with Crippen LogP contribution in [0.2, 0.25) is 0 Å². The molecular weight excluding hydrogens is 517 g/mol. The standard InChI is InChI=1S/C25H22N4O4S3/c1-17-12-13-21-20(14-17)29(36(31,32)19-10-6-3-7-11-19)15-22(33-21)23(30)26-24-27-28-25(35-24)34-16-18-8-4-2-5-9-18/h2-14,22H,15-16H2,1H3,(H,26,27,30)/t22-/m0/s1. The molecule has 0 spiro atoms. The molecule has 36 heavy (non-hydrogen) atoms. The van der Waals surface area contributed by atoms with Gasteiger partial charge >= 0.3 is 0 Å². The molecule has 1 atom stereocenters. The van der Waals surface area contributed by atoms with Crippen LogP contribution in [0.25, 0.3) is 0 Å². The molecule has 1 aromatic heterocycles. The van der Waals surface area contributed by atoms with Crippen molar-refractivity contribution in [2.24, 2.45) is 0 Å². The molecule has 184 valence electrons. The molecule has 4 aromatic rings. The minimum atomic E-state index is -3.92. The Morgan fingerprint density at radius 1 is 1.08 bits per heavy atom. The first-order valence-corrected chi connectivity index (χ1v) is 14.3. The zero-order valence-corrected chi connectivity index (χ0v) is 21.6. The lowest BCUT2D eigenvalue weighted by atomic mass is 10.1. The van der Waals surface area contributed by atoms with Crippen molar-refractivity contribution >= 4 is 49.8 Å². The Bertz CT molecular complexity index is 1480. The second kappa shape index (κ2) is 10.3. The Morgan fingerprint density at radius 2 is 1.81 bits per heavy atom. The molecule has 0 aliphatic carbocycles. The highest BCUT2D eigenvalue weighted by Gasteiger charge is 2.38. The summed E-state index contributed by atoms with van der Waals surface area (Å²) in [5, 5.41) is 11.3. The number of carbonyl (C=O) groups excluding carboxylic acids is 1. The summed E-state index contributed by atoms with van der Waals surface area (Å²) >= 11 is 2.78. The second-order valence-corrected chi connectivity index (χ2v) is 12.1. The van der Waals surface area contributed by atoms with Gasteiger partial charge in [0.25, 0.3) is 15.9 Å². The molecule has 8 nitrogen and oxygen atoms in total. The number of amides is 1. The van der Waals surface area contributed by atoms with Gasteiger partial charge < -0.3 is 4.74 Å². The molecule has 3 aromatic carbocycles. The molecule has 0 saturated carbocycles. The van der Waals surface area contributed by atoms with Crippen LogP contribution in [-0.2, 0) is 20.6 Å². The number of aryl methyl sites for hydroxylation is 1. The quantitative estimate of drug-likeness (QED) is 0.268. The van der Waals surface area contributed by atoms with E-state index < -0.39 is 22.0 Å². The van der Waals surface area contributed by atoms with E-state index in [0.29, 0.717) is 20.9 Å². The molecule has 1 aliphatic heterocycles. The van der Waals surface area contributed by atoms with Gasteiger partial charge in [-0.15, -0.1) is 10.2 Å². The molecule has 0 unspecified atom stereocenters. The lowest BCUT2D eigenvalue weighted by Crippen LogP contribution is -2.48. The largest absolute Gasteiger partial charge is 0.476 e. The Morgan fingerprint density at radius 3 is 2.56 bits per heavy atom. The third-order valence-corrected chi connectivity index (χ3v) is 9.29. The Balaban J connectivity index is 1.33. The van der Waals surface area contributed by atoms with Crippen LogP contribution in [0.3, 0.4) is 0 Å². The van der Waals surface area contributed by atoms with Gasteiger partial charge in [0.2, 0.25) is 5.13 Å². The van der Waals surface area contributed by atoms with Crippen molar-refractivity contribution in [2.75, 3.05) is 16.2 Å². The van der Waals surface area contributed by atoms with Crippen molar-refractivity contribution in [1.29, 1.82) is 0 Å². The Kier molecular flexibility index (Phi) is 6.95. The first-order valence-electron chi connectivity index (χ1n) is 11.1. The average Bonchev–Trinajstić information content (AvgIpc) is 3.35. The van der Waals surface area contributed by atoms with Crippen LogP contribution < -0.4 is 14.4 Å². The van der Waals surface area contributed by atoms with Crippen molar-refractivity contribution in [1.82, 2.24) is 10.2 Å². The molecule has 2 heterocycles. The Hall–Kier alpha value is -3.41. The molecule has 11 heteroatoms. The number of aromatic nitrogens is 2. The molecule has 1 N–H and O–H groups in total. The number of sulfonamides is 1. The maximum Gasteiger partial charge on any atom is 0.269 e. The van der Waals surface area contributed by atoms with Crippen LogP contribution in [0.1, 0.15) is 11.1 Å². The molecule has 0 fully saturated rings. The van der Waals surface area contributed by atoms with Crippen LogP contribution in [0.15, 0.2) is 88.1 Å². The summed E-state index contributed by atoms with van der Waals surface area (Å²) < 4.78 is 34.9. The van der Waals surface area contributed by atoms with E-state index in [4.69, 9.17) is 4.74 Å². The van der Waals surface area contributed by atoms with Crippen molar-refractivity contribution < 1.29 is 17.9 Å². The van der Waals surface area contributed by atoms with Crippen LogP contribution >= 0.6 is 23.1 Å². The smallest absolute Gasteiger partial charge is 0.269 e. The molecule has 0 bridgehead atoms. The molecule has 0 saturated heterocycles. The topological polar surface area (TPSA) is 101 Å². The van der Waals surface area contributed by atoms with E-state index in [2.05, 4.69) is 15.5 Å². The van der Waals surface area contributed by atoms with Crippen LogP contribution in [0.4, 0.5) is 10.8 Å². The summed E-state index contributed by atoms with van der Waals surface area (Å²) in [6, 6.07) is 23.4. The van der Waals surface area contributed by atoms with Crippen molar-refractivity contribution in [3.63, 3.8) is 0 Å². The highest BCUT2D eigenvalue weighted by atomic mass is 32.2. The van der Waals surface area contributed by atoms with Gasteiger partial charge in [0.1, 0.15) is 5.75 Å². The number of thioether (sulfide) groups is 1. The molecule has 1 amide bonds. The van der Waals surface area contributed by atoms with Gasteiger partial charge in [-0.25, -0.2) is 8.42 Å². The van der Waals surface area contributed by atoms with E-state index in [0.717, 1.165) is 16.9 Å². The number of hydrogen-bond acceptors (Lipinski definition) is 8. The van der Waals surface area contributed by atoms with Gasteiger partial charge in [-0.05, 0) is 42.3 Å². The van der Waals surface area contributed by atoms with Crippen molar-refractivity contribution in [2.45, 2.75) is 28.0 Å². The lowest BCUT2D eigenvalue weighted by Gasteiger charge is -2.34. The summed E-state index contributed by atoms with van der Waals surface area (Å²) in [6.07, 6.45) is -1.07. The maximum absolute atomic E-state index is 13.5. The van der Waals surface area contributed by atoms with Crippen LogP contribution in [0, 0.1) is 6.92 Å². The zero-order chi connectivity index (χ0) is 25.1. The molecule has 0 radical (unpaired) electrons. The number of nitrogens with zero attached hydrogens (tertiary/aromatic N) is 3. The van der Waals surface area contributed by atoms with Crippen molar-refractivity contribution in [3.8, 4) is 5.75 Å². The number of carbonyl (C=O) groups is 1. The fraction of sp³-hybridized carbons (Fsp3) is 0.160. The van der Waals surface area contributed by atoms with E-state index in [1.165, 1.54) is 39.5 Å². The number of ether oxygens (including phenoxy) is 1. The predicted molar refractivity (Wildman–Crippen MR) is 141 cm³/mol. The average molecular weight is 539 g/mol. The molecule has 5 rings (SSSR count). The predicted octanol–water partition coefficient (Wildman–Crippen LogP) is 4.73. The van der Waals surface area contributed by atoms with Gasteiger partial charge in [-0.1, -0.05) is 77.7 Å². The summed E-state index contributed by atoms with van der Waals surface area (Å²) in [5.74, 6) is 0.561. The fourth-order valence-electron chi connectivity index (χ4n) is 3.67. The summed E-state index contributed by atoms with van der Waals surface area (Å²) in [7, 11) is -3.92. The minimum Gasteiger partial charge on any atom is -0.476 e. The van der Waals surface area contributed by atoms with Crippen molar-refractivity contribution in [3.05, 3.63) is 90.0 Å². The number of fused-ring (bicyclic) bond motifs is 1. The number of rotatable bonds is 7. The lowest BCUT2D eigenvalue weighted by molar-refractivity contribution is -0.122. The van der Waals surface area contributed by atoms with E-state index >= 15 is 0 Å². The third-order valence-electron chi connectivity index (χ3n) is 5.45. The maximum atomic E-state index is 13.5. The zero-order valence-electron chi connectivity index (χ0n) is 19.2. The number of benzene rings is 3. The molecule has 1 aliphatic rings. The number of anilines is 2. The normalized spacial score (nSPS) is 15.1. The van der Waals surface area contributed by atoms with E-state index in [1.54, 1.807) is 30.3 Å². The van der Waals surface area contributed by atoms with E-state index in [9.17, 15) is 13.2 Å². The number of hydrogen-bond donors (Lipinski definition) is 1. The molecular formula is C25H22N4O4S3. The first-order chi connectivity index (χ1) is 17.4. The van der Waals surface area contributed by atoms with Crippen LogP contribution in [0.5, 0.6) is 5.75 Å². The summed E-state index contributed by atoms with van der Waals surface area (Å²) in [6.45, 7) is 1.70. The summed E-state index contributed by atoms with van der Waals surface area (Å²) in [4.78, 5) is 13.3. The highest BCUT2D eigenvalue weighted by molar-refractivity contribution is 8.00. The Labute approximate surface area is 217 Å². The monoisotopic (exact) mass is 538 g/mol. The summed E-state index contributed by atoms with van der Waals surface area (Å²) in [5.41, 5.74) is 2.44. The third kappa shape index (κ3) is 5.23. The number of nitrogens with one attached hydrogen (secondary N) is 1. The highest BCUT2D eigenvalue weighted by Crippen LogP contribution is 2.38. The van der Waals surface area contributed by atoms with Gasteiger partial charge in [0.15, 0.2) is 10.4 Å². The minimum absolute atomic E-state index is 0.141. The van der Waals surface area contributed by atoms with E-state index in [-0.39, 0.29) is 11.4 Å². The van der Waals surface area contributed by atoms with Gasteiger partial charge in [0.05, 0.1) is 17.1 Å². The van der Waals surface area contributed by atoms with E-state index in [1.807, 2.05) is 43.3 Å². The fourth-order valence-corrected chi connectivity index (χ4v) is 6.87.